The lowest BCUT2D eigenvalue weighted by molar-refractivity contribution is -0.136. The number of nitrogens with one attached hydrogen (secondary N) is 1. The van der Waals surface area contributed by atoms with E-state index in [1.807, 2.05) is 0 Å². The Morgan fingerprint density at radius 1 is 1.65 bits per heavy atom. The van der Waals surface area contributed by atoms with E-state index in [9.17, 15) is 13.2 Å². The smallest absolute Gasteiger partial charge is 0.304 e. The lowest BCUT2D eigenvalue weighted by Crippen LogP contribution is -2.27. The molecule has 0 atom stereocenters. The van der Waals surface area contributed by atoms with Gasteiger partial charge < -0.3 is 10.8 Å². The first kappa shape index (κ1) is 13.5. The molecule has 9 heteroatoms. The maximum absolute atomic E-state index is 11.4. The number of carboxylic acid groups (broad SMARTS) is 1. The van der Waals surface area contributed by atoms with Crippen molar-refractivity contribution in [1.82, 2.24) is 14.5 Å². The highest BCUT2D eigenvalue weighted by atomic mass is 32.2. The molecule has 1 rings (SSSR count). The Hall–Kier alpha value is -1.61. The van der Waals surface area contributed by atoms with Crippen LogP contribution >= 0.6 is 0 Å². The van der Waals surface area contributed by atoms with Crippen LogP contribution in [0.25, 0.3) is 0 Å². The summed E-state index contributed by atoms with van der Waals surface area (Å²) in [6.45, 7) is 0.00161. The molecule has 0 fully saturated rings. The number of nitrogen functional groups attached to an aromatic ring is 1. The van der Waals surface area contributed by atoms with E-state index in [1.54, 1.807) is 7.05 Å². The molecule has 0 radical (unpaired) electrons. The number of hydrogen-bond donors (Lipinski definition) is 3. The Kier molecular flexibility index (Phi) is 4.07. The van der Waals surface area contributed by atoms with Crippen molar-refractivity contribution in [3.63, 3.8) is 0 Å². The van der Waals surface area contributed by atoms with Crippen molar-refractivity contribution >= 4 is 21.8 Å². The number of anilines is 1. The third-order valence-electron chi connectivity index (χ3n) is 2.13. The van der Waals surface area contributed by atoms with Gasteiger partial charge in [0.2, 0.25) is 10.0 Å². The highest BCUT2D eigenvalue weighted by molar-refractivity contribution is 7.89. The van der Waals surface area contributed by atoms with Crippen LogP contribution in [-0.2, 0) is 28.4 Å². The first-order chi connectivity index (χ1) is 7.82. The number of hydrogen-bond acceptors (Lipinski definition) is 5. The maximum atomic E-state index is 11.4. The Bertz CT molecular complexity index is 508. The predicted molar refractivity (Wildman–Crippen MR) is 60.5 cm³/mol. The number of aryl methyl sites for hydroxylation is 1. The van der Waals surface area contributed by atoms with Gasteiger partial charge >= 0.3 is 5.97 Å². The molecule has 0 aliphatic carbocycles. The van der Waals surface area contributed by atoms with E-state index >= 15 is 0 Å². The van der Waals surface area contributed by atoms with Crippen LogP contribution in [0, 0.1) is 0 Å². The zero-order chi connectivity index (χ0) is 13.1. The van der Waals surface area contributed by atoms with Gasteiger partial charge in [-0.05, 0) is 0 Å². The molecule has 17 heavy (non-hydrogen) atoms. The summed E-state index contributed by atoms with van der Waals surface area (Å²) in [6, 6.07) is 0. The highest BCUT2D eigenvalue weighted by Gasteiger charge is 2.14. The molecule has 0 spiro atoms. The van der Waals surface area contributed by atoms with Gasteiger partial charge in [-0.3, -0.25) is 9.48 Å². The summed E-state index contributed by atoms with van der Waals surface area (Å²) in [7, 11) is -1.97. The van der Waals surface area contributed by atoms with Gasteiger partial charge in [-0.2, -0.15) is 5.10 Å². The molecule has 0 aromatic carbocycles. The first-order valence-electron chi connectivity index (χ1n) is 4.77. The molecular weight excluding hydrogens is 248 g/mol. The van der Waals surface area contributed by atoms with E-state index in [-0.39, 0.29) is 6.54 Å². The molecule has 0 amide bonds. The van der Waals surface area contributed by atoms with E-state index < -0.39 is 28.2 Å². The Labute approximate surface area is 98.5 Å². The Balaban J connectivity index is 2.55. The second-order valence-corrected chi connectivity index (χ2v) is 5.39. The van der Waals surface area contributed by atoms with Crippen molar-refractivity contribution in [2.24, 2.45) is 7.05 Å². The van der Waals surface area contributed by atoms with Crippen LogP contribution in [0.5, 0.6) is 0 Å². The lowest BCUT2D eigenvalue weighted by Gasteiger charge is -2.04. The Morgan fingerprint density at radius 3 is 2.76 bits per heavy atom. The van der Waals surface area contributed by atoms with Crippen LogP contribution in [0.2, 0.25) is 0 Å². The van der Waals surface area contributed by atoms with E-state index in [1.165, 1.54) is 10.9 Å². The number of carboxylic acids is 1. The third kappa shape index (κ3) is 4.04. The fourth-order valence-corrected chi connectivity index (χ4v) is 2.07. The van der Waals surface area contributed by atoms with Crippen molar-refractivity contribution in [2.75, 3.05) is 11.5 Å². The number of nitrogens with zero attached hydrogens (tertiary/aromatic N) is 2. The standard InChI is InChI=1S/C8H14N4O4S/c1-12-8(9)6(4-10-12)5-11-17(15,16)3-2-7(13)14/h4,11H,2-3,5,9H2,1H3,(H,13,14). The molecule has 1 aromatic heterocycles. The van der Waals surface area contributed by atoms with Crippen molar-refractivity contribution in [3.8, 4) is 0 Å². The summed E-state index contributed by atoms with van der Waals surface area (Å²) in [4.78, 5) is 10.3. The quantitative estimate of drug-likeness (QED) is 0.597. The van der Waals surface area contributed by atoms with Gasteiger partial charge in [-0.25, -0.2) is 13.1 Å². The van der Waals surface area contributed by atoms with Gasteiger partial charge in [0.25, 0.3) is 0 Å². The van der Waals surface area contributed by atoms with E-state index in [2.05, 4.69) is 9.82 Å². The van der Waals surface area contributed by atoms with Crippen LogP contribution in [0.1, 0.15) is 12.0 Å². The number of carbonyl (C=O) groups is 1. The number of rotatable bonds is 6. The second-order valence-electron chi connectivity index (χ2n) is 3.46. The van der Waals surface area contributed by atoms with Crippen molar-refractivity contribution in [1.29, 1.82) is 0 Å². The summed E-state index contributed by atoms with van der Waals surface area (Å²) < 4.78 is 26.4. The summed E-state index contributed by atoms with van der Waals surface area (Å²) >= 11 is 0. The second kappa shape index (κ2) is 5.15. The zero-order valence-electron chi connectivity index (χ0n) is 9.25. The first-order valence-corrected chi connectivity index (χ1v) is 6.42. The maximum Gasteiger partial charge on any atom is 0.304 e. The van der Waals surface area contributed by atoms with Crippen LogP contribution in [0.15, 0.2) is 6.20 Å². The summed E-state index contributed by atoms with van der Waals surface area (Å²) in [5.41, 5.74) is 6.17. The molecule has 0 unspecified atom stereocenters. The molecule has 0 saturated heterocycles. The van der Waals surface area contributed by atoms with Gasteiger partial charge in [-0.1, -0.05) is 0 Å². The number of sulfonamides is 1. The molecule has 96 valence electrons. The molecule has 0 bridgehead atoms. The molecule has 0 aliphatic heterocycles. The summed E-state index contributed by atoms with van der Waals surface area (Å²) in [6.07, 6.45) is 1.02. The third-order valence-corrected chi connectivity index (χ3v) is 3.46. The van der Waals surface area contributed by atoms with Gasteiger partial charge in [0.15, 0.2) is 0 Å². The largest absolute Gasteiger partial charge is 0.481 e. The summed E-state index contributed by atoms with van der Waals surface area (Å²) in [5.74, 6) is -1.25. The van der Waals surface area contributed by atoms with Gasteiger partial charge in [0.05, 0.1) is 18.4 Å². The number of aromatic nitrogens is 2. The van der Waals surface area contributed by atoms with Crippen molar-refractivity contribution in [3.05, 3.63) is 11.8 Å². The molecular formula is C8H14N4O4S. The van der Waals surface area contributed by atoms with Gasteiger partial charge in [0, 0.05) is 19.2 Å². The van der Waals surface area contributed by atoms with Crippen LogP contribution in [-0.4, -0.2) is 35.0 Å². The SMILES string of the molecule is Cn1ncc(CNS(=O)(=O)CCC(=O)O)c1N. The molecule has 8 nitrogen and oxygen atoms in total. The lowest BCUT2D eigenvalue weighted by atomic mass is 10.3. The minimum absolute atomic E-state index is 0.00161. The van der Waals surface area contributed by atoms with Crippen LogP contribution < -0.4 is 10.5 Å². The average molecular weight is 262 g/mol. The molecule has 1 aromatic rings. The van der Waals surface area contributed by atoms with E-state index in [4.69, 9.17) is 10.8 Å². The highest BCUT2D eigenvalue weighted by Crippen LogP contribution is 2.08. The van der Waals surface area contributed by atoms with Crippen molar-refractivity contribution < 1.29 is 18.3 Å². The zero-order valence-corrected chi connectivity index (χ0v) is 10.1. The monoisotopic (exact) mass is 262 g/mol. The number of aliphatic carboxylic acids is 1. The minimum atomic E-state index is -3.61. The Morgan fingerprint density at radius 2 is 2.29 bits per heavy atom. The van der Waals surface area contributed by atoms with E-state index in [0.29, 0.717) is 11.4 Å². The van der Waals surface area contributed by atoms with Gasteiger partial charge in [-0.15, -0.1) is 0 Å². The average Bonchev–Trinajstić information content (AvgIpc) is 2.55. The van der Waals surface area contributed by atoms with Crippen LogP contribution in [0.3, 0.4) is 0 Å². The van der Waals surface area contributed by atoms with Crippen LogP contribution in [0.4, 0.5) is 5.82 Å². The topological polar surface area (TPSA) is 127 Å². The van der Waals surface area contributed by atoms with Crippen molar-refractivity contribution in [2.45, 2.75) is 13.0 Å². The fraction of sp³-hybridized carbons (Fsp3) is 0.500. The minimum Gasteiger partial charge on any atom is -0.481 e. The van der Waals surface area contributed by atoms with Gasteiger partial charge in [0.1, 0.15) is 5.82 Å². The fourth-order valence-electron chi connectivity index (χ4n) is 1.11. The summed E-state index contributed by atoms with van der Waals surface area (Å²) in [5, 5.41) is 12.2. The normalized spacial score (nSPS) is 11.6. The molecule has 4 N–H and O–H groups in total. The van der Waals surface area contributed by atoms with E-state index in [0.717, 1.165) is 0 Å². The molecule has 0 saturated carbocycles. The number of nitrogens with two attached hydrogens (primary N) is 1. The predicted octanol–water partition coefficient (Wildman–Crippen LogP) is -1.10. The molecule has 1 heterocycles. The molecule has 0 aliphatic rings.